The lowest BCUT2D eigenvalue weighted by Crippen LogP contribution is -2.40. The van der Waals surface area contributed by atoms with E-state index in [2.05, 4.69) is 10.2 Å². The van der Waals surface area contributed by atoms with Gasteiger partial charge in [0.05, 0.1) is 40.7 Å². The lowest BCUT2D eigenvalue weighted by molar-refractivity contribution is 0.121. The van der Waals surface area contributed by atoms with E-state index in [1.165, 1.54) is 6.26 Å². The number of morpholine rings is 1. The number of nitrogens with one attached hydrogen (secondary N) is 1. The van der Waals surface area contributed by atoms with Crippen molar-refractivity contribution in [1.82, 2.24) is 9.55 Å². The molecule has 2 aromatic carbocycles. The molecule has 33 heavy (non-hydrogen) atoms. The van der Waals surface area contributed by atoms with Crippen LogP contribution in [0.25, 0.3) is 10.9 Å². The molecule has 2 heterocycles. The summed E-state index contributed by atoms with van der Waals surface area (Å²) in [6.45, 7) is 8.47. The molecule has 4 rings (SSSR count). The van der Waals surface area contributed by atoms with Crippen LogP contribution in [0.2, 0.25) is 0 Å². The molecule has 1 aliphatic rings. The molecule has 176 valence electrons. The zero-order valence-electron chi connectivity index (χ0n) is 19.7. The summed E-state index contributed by atoms with van der Waals surface area (Å²) < 4.78 is 31.7. The molecule has 1 N–H and O–H groups in total. The van der Waals surface area contributed by atoms with Crippen LogP contribution in [0.15, 0.2) is 40.0 Å². The van der Waals surface area contributed by atoms with Crippen molar-refractivity contribution in [2.45, 2.75) is 31.7 Å². The number of nitrogens with zero attached hydrogens (tertiary/aromatic N) is 3. The molecule has 1 aromatic heterocycles. The Kier molecular flexibility index (Phi) is 6.20. The number of fused-ring (bicyclic) bond motifs is 1. The zero-order chi connectivity index (χ0) is 23.9. The minimum absolute atomic E-state index is 0.102. The fourth-order valence-corrected chi connectivity index (χ4v) is 5.30. The van der Waals surface area contributed by atoms with Gasteiger partial charge in [0.25, 0.3) is 5.56 Å². The summed E-state index contributed by atoms with van der Waals surface area (Å²) in [6.07, 6.45) is 1.20. The molecule has 0 unspecified atom stereocenters. The van der Waals surface area contributed by atoms with Crippen molar-refractivity contribution >= 4 is 32.4 Å². The minimum atomic E-state index is -3.41. The van der Waals surface area contributed by atoms with Gasteiger partial charge < -0.3 is 15.0 Å². The summed E-state index contributed by atoms with van der Waals surface area (Å²) in [5.74, 6) is 0.615. The van der Waals surface area contributed by atoms with Crippen molar-refractivity contribution in [1.29, 1.82) is 0 Å². The monoisotopic (exact) mass is 470 g/mol. The number of sulfone groups is 1. The van der Waals surface area contributed by atoms with E-state index in [9.17, 15) is 13.2 Å². The van der Waals surface area contributed by atoms with Gasteiger partial charge in [-0.2, -0.15) is 0 Å². The van der Waals surface area contributed by atoms with Crippen LogP contribution in [0.4, 0.5) is 11.6 Å². The molecule has 1 saturated heterocycles. The molecule has 0 bridgehead atoms. The van der Waals surface area contributed by atoms with Gasteiger partial charge in [-0.3, -0.25) is 9.36 Å². The Morgan fingerprint density at radius 1 is 1.15 bits per heavy atom. The van der Waals surface area contributed by atoms with Crippen LogP contribution < -0.4 is 15.8 Å². The predicted octanol–water partition coefficient (Wildman–Crippen LogP) is 2.96. The fraction of sp³-hybridized carbons (Fsp3) is 0.417. The van der Waals surface area contributed by atoms with Crippen molar-refractivity contribution < 1.29 is 13.2 Å². The van der Waals surface area contributed by atoms with Gasteiger partial charge in [0.1, 0.15) is 0 Å². The highest BCUT2D eigenvalue weighted by Crippen LogP contribution is 2.32. The number of para-hydroxylation sites is 1. The predicted molar refractivity (Wildman–Crippen MR) is 131 cm³/mol. The second kappa shape index (κ2) is 8.79. The average molecular weight is 471 g/mol. The minimum Gasteiger partial charge on any atom is -0.378 e. The Labute approximate surface area is 194 Å². The van der Waals surface area contributed by atoms with Crippen LogP contribution in [-0.2, 0) is 21.6 Å². The summed E-state index contributed by atoms with van der Waals surface area (Å²) in [4.78, 5) is 20.6. The summed E-state index contributed by atoms with van der Waals surface area (Å²) in [7, 11) is -1.66. The quantitative estimate of drug-likeness (QED) is 0.613. The first-order chi connectivity index (χ1) is 15.6. The number of hydrogen-bond donors (Lipinski definition) is 1. The molecule has 1 aliphatic heterocycles. The smallest absolute Gasteiger partial charge is 0.262 e. The topological polar surface area (TPSA) is 93.5 Å². The van der Waals surface area contributed by atoms with Crippen LogP contribution in [0.5, 0.6) is 0 Å². The largest absolute Gasteiger partial charge is 0.378 e. The average Bonchev–Trinajstić information content (AvgIpc) is 2.78. The third-order valence-corrected chi connectivity index (χ3v) is 7.45. The van der Waals surface area contributed by atoms with Crippen molar-refractivity contribution in [3.8, 4) is 0 Å². The molecule has 8 nitrogen and oxygen atoms in total. The van der Waals surface area contributed by atoms with E-state index in [0.717, 1.165) is 16.7 Å². The molecule has 1 atom stereocenters. The number of rotatable bonds is 5. The molecule has 0 radical (unpaired) electrons. The number of aryl methyl sites for hydroxylation is 1. The first-order valence-electron chi connectivity index (χ1n) is 11.0. The molecular weight excluding hydrogens is 440 g/mol. The molecule has 0 saturated carbocycles. The van der Waals surface area contributed by atoms with Crippen LogP contribution >= 0.6 is 0 Å². The van der Waals surface area contributed by atoms with Gasteiger partial charge in [0.2, 0.25) is 5.95 Å². The van der Waals surface area contributed by atoms with Gasteiger partial charge in [0, 0.05) is 32.0 Å². The maximum atomic E-state index is 13.3. The van der Waals surface area contributed by atoms with Gasteiger partial charge in [-0.15, -0.1) is 0 Å². The zero-order valence-corrected chi connectivity index (χ0v) is 20.5. The Morgan fingerprint density at radius 3 is 2.48 bits per heavy atom. The Balaban J connectivity index is 1.89. The van der Waals surface area contributed by atoms with Crippen LogP contribution in [-0.4, -0.2) is 50.5 Å². The van der Waals surface area contributed by atoms with E-state index in [1.54, 1.807) is 35.9 Å². The van der Waals surface area contributed by atoms with E-state index in [-0.39, 0.29) is 16.5 Å². The molecule has 0 amide bonds. The van der Waals surface area contributed by atoms with Gasteiger partial charge >= 0.3 is 0 Å². The van der Waals surface area contributed by atoms with E-state index in [0.29, 0.717) is 48.8 Å². The first kappa shape index (κ1) is 23.3. The lowest BCUT2D eigenvalue weighted by atomic mass is 9.94. The normalized spacial score (nSPS) is 15.6. The maximum Gasteiger partial charge on any atom is 0.262 e. The number of benzene rings is 2. The van der Waals surface area contributed by atoms with E-state index in [1.807, 2.05) is 26.8 Å². The summed E-state index contributed by atoms with van der Waals surface area (Å²) >= 11 is 0. The van der Waals surface area contributed by atoms with Crippen LogP contribution in [0, 0.1) is 13.8 Å². The van der Waals surface area contributed by atoms with Crippen molar-refractivity contribution in [3.63, 3.8) is 0 Å². The highest BCUT2D eigenvalue weighted by atomic mass is 32.2. The molecule has 9 heteroatoms. The van der Waals surface area contributed by atoms with Gasteiger partial charge in [0.15, 0.2) is 9.84 Å². The van der Waals surface area contributed by atoms with Crippen molar-refractivity contribution in [2.75, 3.05) is 42.8 Å². The Bertz CT molecular complexity index is 1380. The van der Waals surface area contributed by atoms with Gasteiger partial charge in [-0.05, 0) is 50.1 Å². The molecular formula is C24H30N4O4S. The van der Waals surface area contributed by atoms with E-state index in [4.69, 9.17) is 9.72 Å². The second-order valence-electron chi connectivity index (χ2n) is 8.64. The van der Waals surface area contributed by atoms with Crippen molar-refractivity contribution in [3.05, 3.63) is 57.4 Å². The molecule has 0 spiro atoms. The molecule has 3 aromatic rings. The third kappa shape index (κ3) is 4.35. The highest BCUT2D eigenvalue weighted by Gasteiger charge is 2.23. The number of hydrogen-bond acceptors (Lipinski definition) is 7. The summed E-state index contributed by atoms with van der Waals surface area (Å²) in [5.41, 5.74) is 3.96. The Hall–Kier alpha value is -2.91. The second-order valence-corrected chi connectivity index (χ2v) is 10.6. The molecule has 0 aliphatic carbocycles. The van der Waals surface area contributed by atoms with E-state index < -0.39 is 9.84 Å². The van der Waals surface area contributed by atoms with Gasteiger partial charge in [-0.25, -0.2) is 13.4 Å². The molecule has 1 fully saturated rings. The van der Waals surface area contributed by atoms with Crippen LogP contribution in [0.1, 0.15) is 29.7 Å². The van der Waals surface area contributed by atoms with Crippen molar-refractivity contribution in [2.24, 2.45) is 7.05 Å². The SMILES string of the molecule is Cc1cc2c(=O)n(C)c(N3CCOCC3)nc2c([C@H](C)Nc2ccccc2S(C)(=O)=O)c1C. The third-order valence-electron chi connectivity index (χ3n) is 6.30. The van der Waals surface area contributed by atoms with E-state index >= 15 is 0 Å². The standard InChI is InChI=1S/C24H30N4O4S/c1-15-14-18-22(26-24(27(4)23(18)29)28-10-12-32-13-11-28)21(16(15)2)17(3)25-19-8-6-7-9-20(19)33(5,30)31/h6-9,14,17,25H,10-13H2,1-5H3/t17-/m0/s1. The van der Waals surface area contributed by atoms with Crippen LogP contribution in [0.3, 0.4) is 0 Å². The Morgan fingerprint density at radius 2 is 1.82 bits per heavy atom. The summed E-state index contributed by atoms with van der Waals surface area (Å²) in [5, 5.41) is 3.92. The lowest BCUT2D eigenvalue weighted by Gasteiger charge is -2.30. The highest BCUT2D eigenvalue weighted by molar-refractivity contribution is 7.90. The first-order valence-corrected chi connectivity index (χ1v) is 12.9. The number of ether oxygens (including phenoxy) is 1. The number of aromatic nitrogens is 2. The van der Waals surface area contributed by atoms with Gasteiger partial charge in [-0.1, -0.05) is 12.1 Å². The fourth-order valence-electron chi connectivity index (χ4n) is 4.45. The maximum absolute atomic E-state index is 13.3. The summed E-state index contributed by atoms with van der Waals surface area (Å²) in [6, 6.07) is 8.47. The number of anilines is 2.